The number of fused-ring (bicyclic) bond motifs is 1. The van der Waals surface area contributed by atoms with Gasteiger partial charge in [-0.3, -0.25) is 14.2 Å². The van der Waals surface area contributed by atoms with Gasteiger partial charge in [0, 0.05) is 13.1 Å². The molecule has 2 heterocycles. The number of rotatable bonds is 11. The van der Waals surface area contributed by atoms with Crippen molar-refractivity contribution in [2.24, 2.45) is 0 Å². The van der Waals surface area contributed by atoms with Crippen molar-refractivity contribution in [1.82, 2.24) is 14.5 Å². The number of para-hydroxylation sites is 1. The zero-order valence-corrected chi connectivity index (χ0v) is 24.9. The van der Waals surface area contributed by atoms with Gasteiger partial charge in [-0.15, -0.1) is 11.3 Å². The Labute approximate surface area is 241 Å². The normalized spacial score (nSPS) is 11.2. The number of benzene rings is 1. The Morgan fingerprint density at radius 3 is 2.50 bits per heavy atom. The third-order valence-corrected chi connectivity index (χ3v) is 7.40. The van der Waals surface area contributed by atoms with Gasteiger partial charge in [0.15, 0.2) is 0 Å². The summed E-state index contributed by atoms with van der Waals surface area (Å²) < 4.78 is 17.2. The molecule has 2 aromatic heterocycles. The van der Waals surface area contributed by atoms with Crippen LogP contribution in [0.1, 0.15) is 54.0 Å². The Morgan fingerprint density at radius 2 is 1.93 bits per heavy atom. The predicted molar refractivity (Wildman–Crippen MR) is 156 cm³/mol. The van der Waals surface area contributed by atoms with E-state index in [9.17, 15) is 19.2 Å². The van der Waals surface area contributed by atoms with Gasteiger partial charge < -0.3 is 19.0 Å². The molecule has 40 heavy (non-hydrogen) atoms. The van der Waals surface area contributed by atoms with E-state index in [-0.39, 0.29) is 23.4 Å². The zero-order valence-electron chi connectivity index (χ0n) is 23.2. The first kappa shape index (κ1) is 32.6. The van der Waals surface area contributed by atoms with Crippen LogP contribution in [-0.4, -0.2) is 47.9 Å². The minimum Gasteiger partial charge on any atom is -0.496 e. The molecule has 0 radical (unpaired) electrons. The first-order valence-electron chi connectivity index (χ1n) is 12.7. The fourth-order valence-electron chi connectivity index (χ4n) is 3.97. The lowest BCUT2D eigenvalue weighted by Gasteiger charge is -2.17. The minimum atomic E-state index is -1.02. The number of likely N-dealkylation sites (N-methyl/N-ethyl adjacent to an activating group) is 1. The Hall–Kier alpha value is -3.60. The van der Waals surface area contributed by atoms with Gasteiger partial charge in [-0.05, 0) is 64.2 Å². The predicted octanol–water partition coefficient (Wildman–Crippen LogP) is 3.42. The summed E-state index contributed by atoms with van der Waals surface area (Å²) in [7, 11) is 1.58. The topological polar surface area (TPSA) is 142 Å². The van der Waals surface area contributed by atoms with E-state index in [1.165, 1.54) is 11.5 Å². The molecule has 1 aromatic carbocycles. The second-order valence-corrected chi connectivity index (χ2v) is 9.70. The molecule has 0 spiro atoms. The van der Waals surface area contributed by atoms with Crippen LogP contribution in [0.4, 0.5) is 0 Å². The number of thiol groups is 1. The Morgan fingerprint density at radius 1 is 1.23 bits per heavy atom. The Bertz CT molecular complexity index is 1490. The average molecular weight is 591 g/mol. The maximum atomic E-state index is 13.6. The monoisotopic (exact) mass is 590 g/mol. The third-order valence-electron chi connectivity index (χ3n) is 5.92. The molecule has 3 aromatic rings. The number of hydrogen-bond acceptors (Lipinski definition) is 10. The fraction of sp³-hybridized carbons (Fsp3) is 0.444. The van der Waals surface area contributed by atoms with Crippen LogP contribution < -0.4 is 21.3 Å². The quantitative estimate of drug-likeness (QED) is 0.150. The largest absolute Gasteiger partial charge is 0.496 e. The first-order valence-corrected chi connectivity index (χ1v) is 13.8. The first-order chi connectivity index (χ1) is 19.2. The number of thiophene rings is 1. The molecule has 11 nitrogen and oxygen atoms in total. The van der Waals surface area contributed by atoms with E-state index in [0.717, 1.165) is 21.5 Å². The van der Waals surface area contributed by atoms with Gasteiger partial charge >= 0.3 is 11.7 Å². The number of nitrogens with zero attached hydrogens (tertiary/aromatic N) is 3. The van der Waals surface area contributed by atoms with E-state index < -0.39 is 29.2 Å². The van der Waals surface area contributed by atoms with Gasteiger partial charge in [0.2, 0.25) is 5.91 Å². The number of aryl methyl sites for hydroxylation is 3. The van der Waals surface area contributed by atoms with Crippen molar-refractivity contribution in [3.05, 3.63) is 61.1 Å². The molecular weight excluding hydrogens is 556 g/mol. The number of esters is 1. The number of nitriles is 1. The molecule has 0 aliphatic carbocycles. The highest BCUT2D eigenvalue weighted by Gasteiger charge is 2.27. The highest BCUT2D eigenvalue weighted by atomic mass is 32.1. The van der Waals surface area contributed by atoms with E-state index >= 15 is 0 Å². The standard InChI is InChI=1S/C24H29N3O6S.C3H5NOS/c1-6-25-20(28)15(4)27-21(29)18-14(3)19(23(30)33-7-2)34-22(18)26(24(27)31)13-12-16-10-8-9-11-17(16)32-5;4-2-1-3-5-6/h8-11,15H,6-7,12-13H2,1-5H3,(H,25,28);6H,1,3H2/t15-;/m0./s1. The van der Waals surface area contributed by atoms with E-state index in [1.807, 2.05) is 30.3 Å². The molecule has 0 saturated heterocycles. The molecule has 1 atom stereocenters. The maximum Gasteiger partial charge on any atom is 0.348 e. The second kappa shape index (κ2) is 15.9. The molecule has 216 valence electrons. The number of carbonyl (C=O) groups is 2. The van der Waals surface area contributed by atoms with Crippen molar-refractivity contribution in [2.45, 2.75) is 53.1 Å². The van der Waals surface area contributed by atoms with Gasteiger partial charge in [0.05, 0.1) is 38.2 Å². The molecule has 0 aliphatic rings. The zero-order chi connectivity index (χ0) is 29.8. The van der Waals surface area contributed by atoms with Crippen LogP contribution in [0, 0.1) is 18.3 Å². The Kier molecular flexibility index (Phi) is 12.9. The molecule has 0 bridgehead atoms. The summed E-state index contributed by atoms with van der Waals surface area (Å²) in [6.07, 6.45) is 0.863. The molecule has 1 N–H and O–H groups in total. The van der Waals surface area contributed by atoms with Gasteiger partial charge in [-0.2, -0.15) is 5.26 Å². The summed E-state index contributed by atoms with van der Waals surface area (Å²) in [5.74, 6) is -0.297. The van der Waals surface area contributed by atoms with Gasteiger partial charge in [-0.1, -0.05) is 18.2 Å². The molecule has 0 aliphatic heterocycles. The second-order valence-electron chi connectivity index (χ2n) is 8.44. The lowest BCUT2D eigenvalue weighted by Crippen LogP contribution is -2.46. The average Bonchev–Trinajstić information content (AvgIpc) is 3.29. The lowest BCUT2D eigenvalue weighted by atomic mass is 10.1. The van der Waals surface area contributed by atoms with Crippen LogP contribution >= 0.6 is 24.2 Å². The fourth-order valence-corrected chi connectivity index (χ4v) is 5.27. The summed E-state index contributed by atoms with van der Waals surface area (Å²) in [5, 5.41) is 10.7. The number of ether oxygens (including phenoxy) is 2. The van der Waals surface area contributed by atoms with Crippen molar-refractivity contribution in [3.8, 4) is 11.8 Å². The highest BCUT2D eigenvalue weighted by molar-refractivity contribution is 7.75. The van der Waals surface area contributed by atoms with E-state index in [4.69, 9.17) is 14.7 Å². The van der Waals surface area contributed by atoms with Crippen LogP contribution in [0.5, 0.6) is 5.75 Å². The molecule has 0 saturated carbocycles. The summed E-state index contributed by atoms with van der Waals surface area (Å²) in [5.41, 5.74) is 0.115. The molecule has 13 heteroatoms. The van der Waals surface area contributed by atoms with Crippen LogP contribution in [0.2, 0.25) is 0 Å². The number of aromatic nitrogens is 2. The smallest absolute Gasteiger partial charge is 0.348 e. The van der Waals surface area contributed by atoms with Crippen molar-refractivity contribution < 1.29 is 23.2 Å². The summed E-state index contributed by atoms with van der Waals surface area (Å²) in [4.78, 5) is 52.7. The van der Waals surface area contributed by atoms with Crippen molar-refractivity contribution >= 4 is 46.3 Å². The number of amides is 1. The SMILES string of the molecule is CCNC(=O)[C@H](C)n1c(=O)c2c(C)c(C(=O)OCC)sc2n(CCc2ccccc2OC)c1=O.N#CCCOS. The van der Waals surface area contributed by atoms with Crippen LogP contribution in [0.15, 0.2) is 33.9 Å². The minimum absolute atomic E-state index is 0.186. The van der Waals surface area contributed by atoms with Crippen LogP contribution in [0.3, 0.4) is 0 Å². The summed E-state index contributed by atoms with van der Waals surface area (Å²) >= 11 is 4.46. The van der Waals surface area contributed by atoms with Crippen molar-refractivity contribution in [1.29, 1.82) is 5.26 Å². The van der Waals surface area contributed by atoms with Gasteiger partial charge in [0.1, 0.15) is 21.5 Å². The van der Waals surface area contributed by atoms with Crippen LogP contribution in [0.25, 0.3) is 10.2 Å². The number of carbonyl (C=O) groups excluding carboxylic acids is 2. The molecule has 0 unspecified atom stereocenters. The summed E-state index contributed by atoms with van der Waals surface area (Å²) in [6.45, 7) is 7.82. The molecular formula is C27H34N4O7S2. The highest BCUT2D eigenvalue weighted by Crippen LogP contribution is 2.29. The number of hydrogen-bond donors (Lipinski definition) is 2. The lowest BCUT2D eigenvalue weighted by molar-refractivity contribution is -0.123. The summed E-state index contributed by atoms with van der Waals surface area (Å²) in [6, 6.07) is 8.34. The molecule has 0 fully saturated rings. The number of methoxy groups -OCH3 is 1. The van der Waals surface area contributed by atoms with Crippen molar-refractivity contribution in [3.63, 3.8) is 0 Å². The third kappa shape index (κ3) is 7.53. The molecule has 3 rings (SSSR count). The maximum absolute atomic E-state index is 13.6. The molecule has 1 amide bonds. The van der Waals surface area contributed by atoms with E-state index in [0.29, 0.717) is 42.1 Å². The number of nitrogens with one attached hydrogen (secondary N) is 1. The van der Waals surface area contributed by atoms with Crippen LogP contribution in [-0.2, 0) is 26.7 Å². The van der Waals surface area contributed by atoms with Gasteiger partial charge in [0.25, 0.3) is 5.56 Å². The van der Waals surface area contributed by atoms with Crippen molar-refractivity contribution in [2.75, 3.05) is 26.9 Å². The Balaban J connectivity index is 0.000000840. The van der Waals surface area contributed by atoms with E-state index in [1.54, 1.807) is 27.9 Å². The van der Waals surface area contributed by atoms with E-state index in [2.05, 4.69) is 22.4 Å². The van der Waals surface area contributed by atoms with Gasteiger partial charge in [-0.25, -0.2) is 14.2 Å².